The van der Waals surface area contributed by atoms with Gasteiger partial charge in [0.25, 0.3) is 0 Å². The van der Waals surface area contributed by atoms with E-state index < -0.39 is 0 Å². The van der Waals surface area contributed by atoms with Crippen molar-refractivity contribution >= 4 is 40.5 Å². The number of benzene rings is 1. The van der Waals surface area contributed by atoms with E-state index in [0.29, 0.717) is 5.78 Å². The number of Topliss-reactive ketones (excluding diaryl/α,β-unsaturated/α-hetero) is 1. The number of hydrogen-bond acceptors (Lipinski definition) is 4. The zero-order valence-electron chi connectivity index (χ0n) is 14.6. The zero-order valence-corrected chi connectivity index (χ0v) is 16.3. The number of anilines is 1. The number of amides is 1. The van der Waals surface area contributed by atoms with E-state index in [2.05, 4.69) is 28.2 Å². The highest BCUT2D eigenvalue weighted by molar-refractivity contribution is 7.98. The maximum Gasteiger partial charge on any atom is 0.227 e. The quantitative estimate of drug-likeness (QED) is 0.703. The summed E-state index contributed by atoms with van der Waals surface area (Å²) >= 11 is 3.45. The van der Waals surface area contributed by atoms with E-state index in [1.165, 1.54) is 5.56 Å². The molecule has 26 heavy (non-hydrogen) atoms. The van der Waals surface area contributed by atoms with Crippen molar-refractivity contribution < 1.29 is 9.59 Å². The lowest BCUT2D eigenvalue weighted by Gasteiger charge is -2.37. The van der Waals surface area contributed by atoms with Crippen LogP contribution in [-0.4, -0.2) is 11.7 Å². The largest absolute Gasteiger partial charge is 0.325 e. The highest BCUT2D eigenvalue weighted by Crippen LogP contribution is 2.40. The first-order valence-corrected chi connectivity index (χ1v) is 11.2. The van der Waals surface area contributed by atoms with E-state index in [4.69, 9.17) is 0 Å². The molecule has 2 unspecified atom stereocenters. The average molecular weight is 386 g/mol. The van der Waals surface area contributed by atoms with E-state index in [1.54, 1.807) is 23.1 Å². The Bertz CT molecular complexity index is 771. The number of thioether (sulfide) groups is 1. The van der Waals surface area contributed by atoms with E-state index in [1.807, 2.05) is 18.2 Å². The third-order valence-electron chi connectivity index (χ3n) is 5.54. The normalized spacial score (nSPS) is 25.1. The summed E-state index contributed by atoms with van der Waals surface area (Å²) in [6.45, 7) is 0. The molecule has 1 heterocycles. The Morgan fingerprint density at radius 2 is 1.92 bits per heavy atom. The molecule has 2 saturated carbocycles. The van der Waals surface area contributed by atoms with Crippen LogP contribution in [0.15, 0.2) is 46.0 Å². The summed E-state index contributed by atoms with van der Waals surface area (Å²) in [5.74, 6) is 1.59. The molecule has 136 valence electrons. The van der Waals surface area contributed by atoms with E-state index >= 15 is 0 Å². The third kappa shape index (κ3) is 3.89. The lowest BCUT2D eigenvalue weighted by atomic mass is 9.67. The third-order valence-corrected chi connectivity index (χ3v) is 7.41. The van der Waals surface area contributed by atoms with Crippen molar-refractivity contribution in [2.45, 2.75) is 42.8 Å². The van der Waals surface area contributed by atoms with E-state index in [9.17, 15) is 9.59 Å². The van der Waals surface area contributed by atoms with Gasteiger partial charge in [-0.05, 0) is 60.2 Å². The number of hydrogen-bond donors (Lipinski definition) is 1. The number of rotatable bonds is 5. The Morgan fingerprint density at radius 3 is 2.65 bits per heavy atom. The van der Waals surface area contributed by atoms with Gasteiger partial charge in [-0.3, -0.25) is 9.59 Å². The second-order valence-corrected chi connectivity index (χ2v) is 9.10. The topological polar surface area (TPSA) is 46.2 Å². The maximum absolute atomic E-state index is 12.9. The predicted molar refractivity (Wildman–Crippen MR) is 108 cm³/mol. The van der Waals surface area contributed by atoms with Crippen LogP contribution >= 0.6 is 23.1 Å². The number of carbonyl (C=O) groups excluding carboxylic acids is 2. The van der Waals surface area contributed by atoms with Crippen molar-refractivity contribution in [1.29, 1.82) is 0 Å². The van der Waals surface area contributed by atoms with Gasteiger partial charge in [0, 0.05) is 28.4 Å². The molecule has 4 rings (SSSR count). The first-order chi connectivity index (χ1) is 12.7. The van der Waals surface area contributed by atoms with Crippen LogP contribution in [0.5, 0.6) is 0 Å². The average Bonchev–Trinajstić information content (AvgIpc) is 3.14. The van der Waals surface area contributed by atoms with Crippen molar-refractivity contribution in [3.8, 4) is 0 Å². The lowest BCUT2D eigenvalue weighted by molar-refractivity contribution is -0.136. The number of fused-ring (bicyclic) bond motifs is 2. The van der Waals surface area contributed by atoms with Gasteiger partial charge in [-0.2, -0.15) is 11.3 Å². The second-order valence-electron chi connectivity index (χ2n) is 7.30. The molecule has 0 saturated heterocycles. The molecule has 1 amide bonds. The molecule has 1 aromatic heterocycles. The van der Waals surface area contributed by atoms with Crippen LogP contribution in [0.1, 0.15) is 37.7 Å². The predicted octanol–water partition coefficient (Wildman–Crippen LogP) is 5.37. The Morgan fingerprint density at radius 1 is 1.15 bits per heavy atom. The van der Waals surface area contributed by atoms with Gasteiger partial charge in [-0.15, -0.1) is 11.8 Å². The van der Waals surface area contributed by atoms with E-state index in [0.717, 1.165) is 48.4 Å². The summed E-state index contributed by atoms with van der Waals surface area (Å²) < 4.78 is 0. The van der Waals surface area contributed by atoms with Crippen molar-refractivity contribution in [3.05, 3.63) is 46.7 Å². The SMILES string of the molecule is O=C(Nc1ccccc1SCc1ccsc1)C1CC2CCCC(C1)C2=O. The summed E-state index contributed by atoms with van der Waals surface area (Å²) in [5.41, 5.74) is 2.19. The fourth-order valence-corrected chi connectivity index (χ4v) is 5.89. The van der Waals surface area contributed by atoms with Gasteiger partial charge < -0.3 is 5.32 Å². The minimum Gasteiger partial charge on any atom is -0.325 e. The van der Waals surface area contributed by atoms with Crippen LogP contribution in [0.3, 0.4) is 0 Å². The fourth-order valence-electron chi connectivity index (χ4n) is 4.16. The van der Waals surface area contributed by atoms with Crippen LogP contribution in [0.4, 0.5) is 5.69 Å². The fraction of sp³-hybridized carbons (Fsp3) is 0.429. The molecule has 0 spiro atoms. The first kappa shape index (κ1) is 17.8. The van der Waals surface area contributed by atoms with Crippen LogP contribution in [0.25, 0.3) is 0 Å². The highest BCUT2D eigenvalue weighted by Gasteiger charge is 2.41. The summed E-state index contributed by atoms with van der Waals surface area (Å²) in [5, 5.41) is 7.39. The molecule has 2 atom stereocenters. The smallest absolute Gasteiger partial charge is 0.227 e. The summed E-state index contributed by atoms with van der Waals surface area (Å²) in [6.07, 6.45) is 4.52. The zero-order chi connectivity index (χ0) is 17.9. The van der Waals surface area contributed by atoms with Gasteiger partial charge in [-0.25, -0.2) is 0 Å². The molecule has 2 aliphatic carbocycles. The van der Waals surface area contributed by atoms with Crippen molar-refractivity contribution in [3.63, 3.8) is 0 Å². The van der Waals surface area contributed by atoms with Gasteiger partial charge in [0.05, 0.1) is 5.69 Å². The molecule has 0 aliphatic heterocycles. The number of thiophene rings is 1. The van der Waals surface area contributed by atoms with Crippen molar-refractivity contribution in [2.75, 3.05) is 5.32 Å². The second kappa shape index (κ2) is 7.97. The Labute approximate surface area is 162 Å². The van der Waals surface area contributed by atoms with Crippen molar-refractivity contribution in [2.24, 2.45) is 17.8 Å². The van der Waals surface area contributed by atoms with Crippen LogP contribution < -0.4 is 5.32 Å². The van der Waals surface area contributed by atoms with Crippen molar-refractivity contribution in [1.82, 2.24) is 0 Å². The molecular weight excluding hydrogens is 362 g/mol. The molecule has 2 aliphatic rings. The summed E-state index contributed by atoms with van der Waals surface area (Å²) in [4.78, 5) is 26.2. The van der Waals surface area contributed by atoms with Gasteiger partial charge in [0.2, 0.25) is 5.91 Å². The molecule has 1 aromatic carbocycles. The van der Waals surface area contributed by atoms with Crippen LogP contribution in [-0.2, 0) is 15.3 Å². The summed E-state index contributed by atoms with van der Waals surface area (Å²) in [7, 11) is 0. The minimum absolute atomic E-state index is 0.0297. The lowest BCUT2D eigenvalue weighted by Crippen LogP contribution is -2.40. The Balaban J connectivity index is 1.42. The monoisotopic (exact) mass is 385 g/mol. The Hall–Kier alpha value is -1.59. The molecule has 0 radical (unpaired) electrons. The van der Waals surface area contributed by atoms with Gasteiger partial charge in [-0.1, -0.05) is 18.6 Å². The number of nitrogens with one attached hydrogen (secondary N) is 1. The van der Waals surface area contributed by atoms with Crippen LogP contribution in [0, 0.1) is 17.8 Å². The highest BCUT2D eigenvalue weighted by atomic mass is 32.2. The summed E-state index contributed by atoms with van der Waals surface area (Å²) in [6, 6.07) is 10.1. The Kier molecular flexibility index (Phi) is 5.46. The molecule has 2 fully saturated rings. The molecule has 2 bridgehead atoms. The number of carbonyl (C=O) groups is 2. The standard InChI is InChI=1S/C21H23NO2S2/c23-20-15-4-3-5-16(20)11-17(10-15)21(24)22-18-6-1-2-7-19(18)26-13-14-8-9-25-12-14/h1-2,6-9,12,15-17H,3-5,10-11,13H2,(H,22,24). The maximum atomic E-state index is 12.9. The van der Waals surface area contributed by atoms with Gasteiger partial charge >= 0.3 is 0 Å². The number of ketones is 1. The molecule has 2 aromatic rings. The van der Waals surface area contributed by atoms with E-state index in [-0.39, 0.29) is 23.7 Å². The molecule has 5 heteroatoms. The minimum atomic E-state index is -0.0297. The van der Waals surface area contributed by atoms with Gasteiger partial charge in [0.15, 0.2) is 0 Å². The molecular formula is C21H23NO2S2. The molecule has 1 N–H and O–H groups in total. The molecule has 3 nitrogen and oxygen atoms in total. The van der Waals surface area contributed by atoms with Crippen LogP contribution in [0.2, 0.25) is 0 Å². The number of para-hydroxylation sites is 1. The first-order valence-electron chi connectivity index (χ1n) is 9.28. The van der Waals surface area contributed by atoms with Gasteiger partial charge in [0.1, 0.15) is 5.78 Å².